The Morgan fingerprint density at radius 2 is 2.08 bits per heavy atom. The van der Waals surface area contributed by atoms with Crippen LogP contribution in [0.2, 0.25) is 0 Å². The van der Waals surface area contributed by atoms with E-state index in [0.29, 0.717) is 17.6 Å². The van der Waals surface area contributed by atoms with Crippen molar-refractivity contribution in [2.75, 3.05) is 12.3 Å². The maximum Gasteiger partial charge on any atom is 0.264 e. The number of nitrogens with zero attached hydrogens (tertiary/aromatic N) is 4. The van der Waals surface area contributed by atoms with Gasteiger partial charge < -0.3 is 5.32 Å². The molecule has 0 saturated heterocycles. The summed E-state index contributed by atoms with van der Waals surface area (Å²) in [5.41, 5.74) is 0.248. The summed E-state index contributed by atoms with van der Waals surface area (Å²) in [6.45, 7) is 0.488. The highest BCUT2D eigenvalue weighted by Crippen LogP contribution is 2.15. The van der Waals surface area contributed by atoms with Gasteiger partial charge in [-0.05, 0) is 12.1 Å². The maximum absolute atomic E-state index is 12.3. The molecule has 0 bridgehead atoms. The Kier molecular flexibility index (Phi) is 4.95. The van der Waals surface area contributed by atoms with Crippen molar-refractivity contribution < 1.29 is 4.79 Å². The number of aromatic nitrogens is 4. The number of carbonyl (C=O) groups excluding carboxylic acids is 1. The van der Waals surface area contributed by atoms with E-state index in [1.807, 2.05) is 30.3 Å². The van der Waals surface area contributed by atoms with Crippen LogP contribution < -0.4 is 10.9 Å². The zero-order valence-electron chi connectivity index (χ0n) is 13.2. The second-order valence-corrected chi connectivity index (χ2v) is 6.36. The van der Waals surface area contributed by atoms with E-state index in [-0.39, 0.29) is 18.0 Å². The molecule has 7 nitrogen and oxygen atoms in total. The Bertz CT molecular complexity index is 904. The third-order valence-electron chi connectivity index (χ3n) is 3.47. The molecule has 0 unspecified atom stereocenters. The van der Waals surface area contributed by atoms with Gasteiger partial charge in [0.25, 0.3) is 5.56 Å². The molecule has 3 rings (SSSR count). The van der Waals surface area contributed by atoms with Crippen molar-refractivity contribution in [3.63, 3.8) is 0 Å². The normalized spacial score (nSPS) is 10.9. The topological polar surface area (TPSA) is 81.8 Å². The summed E-state index contributed by atoms with van der Waals surface area (Å²) in [6.07, 6.45) is 2.85. The predicted octanol–water partition coefficient (Wildman–Crippen LogP) is 1.04. The summed E-state index contributed by atoms with van der Waals surface area (Å²) in [6, 6.07) is 9.99. The van der Waals surface area contributed by atoms with E-state index in [9.17, 15) is 9.59 Å². The lowest BCUT2D eigenvalue weighted by Gasteiger charge is -2.07. The summed E-state index contributed by atoms with van der Waals surface area (Å²) in [7, 11) is 1.72. The van der Waals surface area contributed by atoms with E-state index in [1.54, 1.807) is 18.8 Å². The summed E-state index contributed by atoms with van der Waals surface area (Å²) in [5.74, 6) is 0.556. The highest BCUT2D eigenvalue weighted by atomic mass is 32.2. The van der Waals surface area contributed by atoms with Crippen LogP contribution in [-0.4, -0.2) is 37.5 Å². The zero-order chi connectivity index (χ0) is 16.9. The van der Waals surface area contributed by atoms with Gasteiger partial charge in [-0.3, -0.25) is 18.8 Å². The van der Waals surface area contributed by atoms with Crippen LogP contribution in [0.3, 0.4) is 0 Å². The molecule has 124 valence electrons. The van der Waals surface area contributed by atoms with Crippen LogP contribution in [0, 0.1) is 0 Å². The molecule has 0 atom stereocenters. The largest absolute Gasteiger partial charge is 0.354 e. The lowest BCUT2D eigenvalue weighted by molar-refractivity contribution is -0.121. The van der Waals surface area contributed by atoms with Crippen molar-refractivity contribution in [1.29, 1.82) is 0 Å². The first kappa shape index (κ1) is 16.3. The number of aryl methyl sites for hydroxylation is 1. The molecule has 24 heavy (non-hydrogen) atoms. The molecule has 2 heterocycles. The minimum atomic E-state index is -0.262. The van der Waals surface area contributed by atoms with Gasteiger partial charge in [0.15, 0.2) is 5.65 Å². The predicted molar refractivity (Wildman–Crippen MR) is 92.9 cm³/mol. The number of amides is 1. The van der Waals surface area contributed by atoms with Gasteiger partial charge in [0.1, 0.15) is 18.3 Å². The minimum absolute atomic E-state index is 0.0489. The lowest BCUT2D eigenvalue weighted by atomic mass is 10.4. The molecule has 0 spiro atoms. The number of nitrogens with one attached hydrogen (secondary N) is 1. The van der Waals surface area contributed by atoms with Crippen molar-refractivity contribution in [2.45, 2.75) is 11.4 Å². The minimum Gasteiger partial charge on any atom is -0.354 e. The molecule has 3 aromatic rings. The van der Waals surface area contributed by atoms with Gasteiger partial charge in [-0.1, -0.05) is 18.2 Å². The van der Waals surface area contributed by atoms with Gasteiger partial charge in [-0.15, -0.1) is 11.8 Å². The molecule has 0 aliphatic rings. The molecule has 0 aliphatic heterocycles. The van der Waals surface area contributed by atoms with Crippen molar-refractivity contribution in [3.8, 4) is 0 Å². The highest BCUT2D eigenvalue weighted by Gasteiger charge is 2.10. The molecule has 1 aromatic carbocycles. The van der Waals surface area contributed by atoms with Gasteiger partial charge in [-0.25, -0.2) is 4.98 Å². The van der Waals surface area contributed by atoms with Gasteiger partial charge in [0.05, 0.1) is 6.20 Å². The van der Waals surface area contributed by atoms with Crippen LogP contribution in [0.15, 0.2) is 52.5 Å². The molecule has 0 aliphatic carbocycles. The van der Waals surface area contributed by atoms with E-state index in [1.165, 1.54) is 21.8 Å². The van der Waals surface area contributed by atoms with E-state index in [4.69, 9.17) is 0 Å². The number of carbonyl (C=O) groups is 1. The first-order valence-electron chi connectivity index (χ1n) is 7.47. The summed E-state index contributed by atoms with van der Waals surface area (Å²) < 4.78 is 2.83. The Morgan fingerprint density at radius 3 is 2.88 bits per heavy atom. The van der Waals surface area contributed by atoms with E-state index in [0.717, 1.165) is 10.6 Å². The Hall–Kier alpha value is -2.61. The molecule has 1 amide bonds. The molecule has 1 N–H and O–H groups in total. The fraction of sp³-hybridized carbons (Fsp3) is 0.250. The number of hydrogen-bond acceptors (Lipinski definition) is 5. The third-order valence-corrected chi connectivity index (χ3v) is 4.48. The number of hydrogen-bond donors (Lipinski definition) is 1. The Morgan fingerprint density at radius 1 is 1.29 bits per heavy atom. The molecular formula is C16H17N5O2S. The second-order valence-electron chi connectivity index (χ2n) is 5.19. The molecule has 2 aromatic heterocycles. The maximum atomic E-state index is 12.3. The highest BCUT2D eigenvalue weighted by molar-refractivity contribution is 7.99. The summed E-state index contributed by atoms with van der Waals surface area (Å²) in [4.78, 5) is 29.6. The van der Waals surface area contributed by atoms with Gasteiger partial charge in [-0.2, -0.15) is 5.10 Å². The smallest absolute Gasteiger partial charge is 0.264 e. The van der Waals surface area contributed by atoms with Crippen LogP contribution in [0.1, 0.15) is 0 Å². The van der Waals surface area contributed by atoms with E-state index >= 15 is 0 Å². The van der Waals surface area contributed by atoms with E-state index < -0.39 is 0 Å². The third kappa shape index (κ3) is 3.65. The van der Waals surface area contributed by atoms with Crippen LogP contribution in [-0.2, 0) is 18.4 Å². The number of rotatable bonds is 6. The van der Waals surface area contributed by atoms with Crippen LogP contribution in [0.25, 0.3) is 11.0 Å². The van der Waals surface area contributed by atoms with Crippen molar-refractivity contribution in [2.24, 2.45) is 7.05 Å². The van der Waals surface area contributed by atoms with E-state index in [2.05, 4.69) is 15.4 Å². The van der Waals surface area contributed by atoms with Gasteiger partial charge in [0.2, 0.25) is 5.91 Å². The van der Waals surface area contributed by atoms with Crippen LogP contribution in [0.4, 0.5) is 0 Å². The fourth-order valence-corrected chi connectivity index (χ4v) is 3.06. The first-order chi connectivity index (χ1) is 11.6. The second kappa shape index (κ2) is 7.31. The standard InChI is InChI=1S/C16H17N5O2S/c1-20-15-13(9-19-20)16(23)21(11-18-15)10-14(22)17-7-8-24-12-5-3-2-4-6-12/h2-6,9,11H,7-8,10H2,1H3,(H,17,22). The molecule has 0 saturated carbocycles. The monoisotopic (exact) mass is 343 g/mol. The Labute approximate surface area is 142 Å². The van der Waals surface area contributed by atoms with Gasteiger partial charge in [0, 0.05) is 24.2 Å². The molecular weight excluding hydrogens is 326 g/mol. The first-order valence-corrected chi connectivity index (χ1v) is 8.45. The molecule has 0 radical (unpaired) electrons. The summed E-state index contributed by atoms with van der Waals surface area (Å²) >= 11 is 1.67. The fourth-order valence-electron chi connectivity index (χ4n) is 2.27. The summed E-state index contributed by atoms with van der Waals surface area (Å²) in [5, 5.41) is 7.23. The van der Waals surface area contributed by atoms with Crippen molar-refractivity contribution in [3.05, 3.63) is 53.2 Å². The number of benzene rings is 1. The Balaban J connectivity index is 1.53. The van der Waals surface area contributed by atoms with Crippen LogP contribution in [0.5, 0.6) is 0 Å². The van der Waals surface area contributed by atoms with Crippen molar-refractivity contribution in [1.82, 2.24) is 24.6 Å². The molecule has 0 fully saturated rings. The van der Waals surface area contributed by atoms with Crippen molar-refractivity contribution >= 4 is 28.7 Å². The van der Waals surface area contributed by atoms with Crippen LogP contribution >= 0.6 is 11.8 Å². The average Bonchev–Trinajstić information content (AvgIpc) is 2.97. The molecule has 8 heteroatoms. The quantitative estimate of drug-likeness (QED) is 0.534. The average molecular weight is 343 g/mol. The SMILES string of the molecule is Cn1ncc2c(=O)n(CC(=O)NCCSc3ccccc3)cnc21. The van der Waals surface area contributed by atoms with Gasteiger partial charge >= 0.3 is 0 Å². The zero-order valence-corrected chi connectivity index (χ0v) is 14.0. The lowest BCUT2D eigenvalue weighted by Crippen LogP contribution is -2.33. The number of fused-ring (bicyclic) bond motifs is 1. The number of thioether (sulfide) groups is 1.